The number of tetrazole rings is 1. The van der Waals surface area contributed by atoms with Gasteiger partial charge in [-0.1, -0.05) is 79.2 Å². The van der Waals surface area contributed by atoms with Crippen LogP contribution in [0.4, 0.5) is 0 Å². The van der Waals surface area contributed by atoms with Gasteiger partial charge in [-0.2, -0.15) is 0 Å². The zero-order chi connectivity index (χ0) is 27.2. The van der Waals surface area contributed by atoms with Gasteiger partial charge in [0.2, 0.25) is 0 Å². The van der Waals surface area contributed by atoms with Crippen molar-refractivity contribution >= 4 is 10.9 Å². The predicted molar refractivity (Wildman–Crippen MR) is 156 cm³/mol. The molecule has 0 radical (unpaired) electrons. The van der Waals surface area contributed by atoms with E-state index in [2.05, 4.69) is 106 Å². The molecule has 0 spiro atoms. The van der Waals surface area contributed by atoms with Crippen LogP contribution in [-0.2, 0) is 25.9 Å². The van der Waals surface area contributed by atoms with Crippen LogP contribution < -0.4 is 5.56 Å². The van der Waals surface area contributed by atoms with Crippen molar-refractivity contribution < 1.29 is 0 Å². The molecule has 0 unspecified atom stereocenters. The van der Waals surface area contributed by atoms with Gasteiger partial charge in [0, 0.05) is 25.2 Å². The fraction of sp³-hybridized carbons (Fsp3) is 0.312. The average molecular weight is 521 g/mol. The lowest BCUT2D eigenvalue weighted by Gasteiger charge is -2.30. The maximum atomic E-state index is 13.3. The number of nitrogens with zero attached hydrogens (tertiary/aromatic N) is 5. The van der Waals surface area contributed by atoms with E-state index in [0.29, 0.717) is 13.1 Å². The van der Waals surface area contributed by atoms with Crippen molar-refractivity contribution in [2.45, 2.75) is 59.2 Å². The second kappa shape index (κ2) is 12.2. The number of benzene rings is 3. The number of hydrogen-bond donors (Lipinski definition) is 1. The Hall–Kier alpha value is -4.10. The Kier molecular flexibility index (Phi) is 8.27. The summed E-state index contributed by atoms with van der Waals surface area (Å²) in [7, 11) is 0. The second-order valence-electron chi connectivity index (χ2n) is 10.3. The molecule has 7 heteroatoms. The summed E-state index contributed by atoms with van der Waals surface area (Å²) in [5.74, 6) is 0.838. The summed E-state index contributed by atoms with van der Waals surface area (Å²) in [6.45, 7) is 8.27. The Morgan fingerprint density at radius 2 is 1.62 bits per heavy atom. The molecule has 2 heterocycles. The van der Waals surface area contributed by atoms with Crippen molar-refractivity contribution in [3.8, 4) is 0 Å². The summed E-state index contributed by atoms with van der Waals surface area (Å²) in [6.07, 6.45) is 2.54. The third-order valence-electron chi connectivity index (χ3n) is 7.41. The van der Waals surface area contributed by atoms with E-state index in [-0.39, 0.29) is 11.6 Å². The molecule has 3 aromatic carbocycles. The second-order valence-corrected chi connectivity index (χ2v) is 10.3. The van der Waals surface area contributed by atoms with Crippen molar-refractivity contribution in [3.05, 3.63) is 123 Å². The van der Waals surface area contributed by atoms with Gasteiger partial charge in [0.05, 0.1) is 11.6 Å². The van der Waals surface area contributed by atoms with Gasteiger partial charge in [0.15, 0.2) is 5.82 Å². The zero-order valence-corrected chi connectivity index (χ0v) is 23.0. The molecule has 5 aromatic rings. The van der Waals surface area contributed by atoms with Crippen LogP contribution in [-0.4, -0.2) is 36.6 Å². The molecule has 0 aliphatic heterocycles. The smallest absolute Gasteiger partial charge is 0.252 e. The van der Waals surface area contributed by atoms with Crippen molar-refractivity contribution in [3.63, 3.8) is 0 Å². The summed E-state index contributed by atoms with van der Waals surface area (Å²) >= 11 is 0. The van der Waals surface area contributed by atoms with E-state index in [1.807, 2.05) is 23.7 Å². The number of aromatic nitrogens is 5. The quantitative estimate of drug-likeness (QED) is 0.246. The lowest BCUT2D eigenvalue weighted by Crippen LogP contribution is -2.34. The molecule has 2 aromatic heterocycles. The highest BCUT2D eigenvalue weighted by atomic mass is 16.1. The fourth-order valence-corrected chi connectivity index (χ4v) is 5.42. The van der Waals surface area contributed by atoms with Gasteiger partial charge >= 0.3 is 0 Å². The highest BCUT2D eigenvalue weighted by Crippen LogP contribution is 2.26. The normalized spacial score (nSPS) is 12.3. The molecule has 0 aliphatic rings. The molecule has 0 fully saturated rings. The van der Waals surface area contributed by atoms with E-state index in [9.17, 15) is 4.79 Å². The van der Waals surface area contributed by atoms with Crippen LogP contribution in [0.1, 0.15) is 53.0 Å². The van der Waals surface area contributed by atoms with E-state index in [4.69, 9.17) is 0 Å². The Morgan fingerprint density at radius 1 is 0.923 bits per heavy atom. The molecule has 1 atom stereocenters. The topological polar surface area (TPSA) is 79.7 Å². The van der Waals surface area contributed by atoms with Crippen LogP contribution in [0.25, 0.3) is 10.9 Å². The van der Waals surface area contributed by atoms with Gasteiger partial charge in [0.1, 0.15) is 0 Å². The third kappa shape index (κ3) is 6.32. The molecule has 200 valence electrons. The van der Waals surface area contributed by atoms with E-state index in [1.165, 1.54) is 16.7 Å². The highest BCUT2D eigenvalue weighted by molar-refractivity contribution is 5.82. The van der Waals surface area contributed by atoms with Crippen LogP contribution >= 0.6 is 0 Å². The Bertz CT molecular complexity index is 1580. The number of hydrogen-bond acceptors (Lipinski definition) is 5. The fourth-order valence-electron chi connectivity index (χ4n) is 5.42. The van der Waals surface area contributed by atoms with E-state index < -0.39 is 0 Å². The lowest BCUT2D eigenvalue weighted by atomic mass is 10.0. The first kappa shape index (κ1) is 26.5. The summed E-state index contributed by atoms with van der Waals surface area (Å²) in [5, 5.41) is 14.0. The first-order chi connectivity index (χ1) is 19.0. The average Bonchev–Trinajstić information content (AvgIpc) is 3.41. The number of nitrogens with one attached hydrogen (secondary N) is 1. The van der Waals surface area contributed by atoms with Crippen molar-refractivity contribution in [2.75, 3.05) is 6.54 Å². The summed E-state index contributed by atoms with van der Waals surface area (Å²) < 4.78 is 1.92. The van der Waals surface area contributed by atoms with Gasteiger partial charge in [0.25, 0.3) is 5.56 Å². The zero-order valence-electron chi connectivity index (χ0n) is 23.0. The minimum absolute atomic E-state index is 0.0335. The monoisotopic (exact) mass is 520 g/mol. The van der Waals surface area contributed by atoms with Gasteiger partial charge < -0.3 is 4.98 Å². The van der Waals surface area contributed by atoms with E-state index in [0.717, 1.165) is 53.7 Å². The molecule has 0 bridgehead atoms. The summed E-state index contributed by atoms with van der Waals surface area (Å²) in [6, 6.07) is 27.1. The minimum atomic E-state index is -0.0438. The number of rotatable bonds is 11. The molecule has 5 rings (SSSR count). The lowest BCUT2D eigenvalue weighted by molar-refractivity contribution is 0.171. The number of aromatic amines is 1. The molecule has 7 nitrogen and oxygen atoms in total. The van der Waals surface area contributed by atoms with Gasteiger partial charge in [-0.15, -0.1) is 5.10 Å². The Balaban J connectivity index is 1.46. The molecule has 1 N–H and O–H groups in total. The van der Waals surface area contributed by atoms with Gasteiger partial charge in [-0.3, -0.25) is 9.69 Å². The molecule has 39 heavy (non-hydrogen) atoms. The van der Waals surface area contributed by atoms with Crippen LogP contribution in [0.15, 0.2) is 83.7 Å². The van der Waals surface area contributed by atoms with E-state index >= 15 is 0 Å². The minimum Gasteiger partial charge on any atom is -0.321 e. The first-order valence-electron chi connectivity index (χ1n) is 13.7. The maximum absolute atomic E-state index is 13.3. The standard InChI is InChI=1S/C32H36N6O/c1-4-29(31-34-35-36-38(31)18-16-26-13-9-6-10-14-26)37(17-15-25-11-7-5-8-12-25)22-28-21-27-20-23(2)19-24(3)30(27)33-32(28)39/h5-14,19-21,29H,4,15-18,22H2,1-3H3,(H,33,39)/t29-/m1/s1. The number of fused-ring (bicyclic) bond motifs is 1. The van der Waals surface area contributed by atoms with E-state index in [1.54, 1.807) is 0 Å². The molecule has 0 amide bonds. The molecule has 0 saturated heterocycles. The van der Waals surface area contributed by atoms with Crippen LogP contribution in [0.3, 0.4) is 0 Å². The number of aryl methyl sites for hydroxylation is 4. The largest absolute Gasteiger partial charge is 0.321 e. The molecule has 0 aliphatic carbocycles. The van der Waals surface area contributed by atoms with Crippen LogP contribution in [0.2, 0.25) is 0 Å². The first-order valence-corrected chi connectivity index (χ1v) is 13.7. The third-order valence-corrected chi connectivity index (χ3v) is 7.41. The maximum Gasteiger partial charge on any atom is 0.252 e. The summed E-state index contributed by atoms with van der Waals surface area (Å²) in [5.41, 5.74) is 6.39. The van der Waals surface area contributed by atoms with Crippen molar-refractivity contribution in [1.29, 1.82) is 0 Å². The molecule has 0 saturated carbocycles. The number of H-pyrrole nitrogens is 1. The SMILES string of the molecule is CC[C@H](c1nnnn1CCc1ccccc1)N(CCc1ccccc1)Cc1cc2cc(C)cc(C)c2[nH]c1=O. The Morgan fingerprint density at radius 3 is 2.31 bits per heavy atom. The number of pyridine rings is 1. The van der Waals surface area contributed by atoms with Gasteiger partial charge in [-0.25, -0.2) is 4.68 Å². The van der Waals surface area contributed by atoms with Crippen LogP contribution in [0, 0.1) is 13.8 Å². The predicted octanol–water partition coefficient (Wildman–Crippen LogP) is 5.57. The van der Waals surface area contributed by atoms with Gasteiger partial charge in [-0.05, 0) is 77.7 Å². The Labute approximate surface area is 229 Å². The van der Waals surface area contributed by atoms with Crippen molar-refractivity contribution in [1.82, 2.24) is 30.1 Å². The van der Waals surface area contributed by atoms with Crippen LogP contribution in [0.5, 0.6) is 0 Å². The highest BCUT2D eigenvalue weighted by Gasteiger charge is 2.26. The molecular weight excluding hydrogens is 484 g/mol. The molecular formula is C32H36N6O. The summed E-state index contributed by atoms with van der Waals surface area (Å²) in [4.78, 5) is 18.8. The van der Waals surface area contributed by atoms with Crippen molar-refractivity contribution in [2.24, 2.45) is 0 Å².